The molecule has 0 atom stereocenters. The van der Waals surface area contributed by atoms with Crippen LogP contribution in [0, 0.1) is 6.92 Å². The zero-order chi connectivity index (χ0) is 16.2. The third-order valence-electron chi connectivity index (χ3n) is 3.59. The zero-order valence-corrected chi connectivity index (χ0v) is 13.6. The van der Waals surface area contributed by atoms with Crippen molar-refractivity contribution in [3.8, 4) is 11.5 Å². The van der Waals surface area contributed by atoms with E-state index in [-0.39, 0.29) is 0 Å². The molecular formula is C19H20N2O2. The fourth-order valence-electron chi connectivity index (χ4n) is 2.53. The molecule has 0 spiro atoms. The topological polar surface area (TPSA) is 43.4 Å². The third-order valence-corrected chi connectivity index (χ3v) is 3.59. The van der Waals surface area contributed by atoms with E-state index in [1.807, 2.05) is 62.4 Å². The monoisotopic (exact) mass is 308 g/mol. The molecule has 0 radical (unpaired) electrons. The van der Waals surface area contributed by atoms with Crippen molar-refractivity contribution in [1.29, 1.82) is 0 Å². The van der Waals surface area contributed by atoms with E-state index in [1.54, 1.807) is 7.11 Å². The highest BCUT2D eigenvalue weighted by molar-refractivity contribution is 5.94. The molecule has 0 aliphatic heterocycles. The lowest BCUT2D eigenvalue weighted by Crippen LogP contribution is -1.96. The molecule has 0 fully saturated rings. The molecule has 3 rings (SSSR count). The van der Waals surface area contributed by atoms with Gasteiger partial charge in [0.05, 0.1) is 19.2 Å². The number of hydrogen-bond donors (Lipinski definition) is 1. The number of fused-ring (bicyclic) bond motifs is 1. The summed E-state index contributed by atoms with van der Waals surface area (Å²) in [5, 5.41) is 4.50. The second-order valence-corrected chi connectivity index (χ2v) is 5.28. The van der Waals surface area contributed by atoms with Gasteiger partial charge in [-0.1, -0.05) is 0 Å². The average Bonchev–Trinajstić information content (AvgIpc) is 2.56. The standard InChI is InChI=1S/C19H20N2O2/c1-4-23-16-9-10-18-17(12-16)19(11-13(2)20-18)21-14-5-7-15(22-3)8-6-14/h5-12H,4H2,1-3H3,(H,20,21). The van der Waals surface area contributed by atoms with Gasteiger partial charge in [0.1, 0.15) is 11.5 Å². The van der Waals surface area contributed by atoms with Crippen LogP contribution in [0.15, 0.2) is 48.5 Å². The Morgan fingerprint density at radius 1 is 1.00 bits per heavy atom. The smallest absolute Gasteiger partial charge is 0.120 e. The molecule has 0 aliphatic carbocycles. The van der Waals surface area contributed by atoms with Crippen LogP contribution in [0.2, 0.25) is 0 Å². The Morgan fingerprint density at radius 2 is 1.74 bits per heavy atom. The first-order valence-corrected chi connectivity index (χ1v) is 7.65. The lowest BCUT2D eigenvalue weighted by atomic mass is 10.1. The molecule has 23 heavy (non-hydrogen) atoms. The van der Waals surface area contributed by atoms with E-state index >= 15 is 0 Å². The predicted molar refractivity (Wildman–Crippen MR) is 93.9 cm³/mol. The number of hydrogen-bond acceptors (Lipinski definition) is 4. The minimum absolute atomic E-state index is 0.645. The molecule has 0 bridgehead atoms. The van der Waals surface area contributed by atoms with E-state index in [9.17, 15) is 0 Å². The number of rotatable bonds is 5. The molecular weight excluding hydrogens is 288 g/mol. The second kappa shape index (κ2) is 6.57. The van der Waals surface area contributed by atoms with Crippen molar-refractivity contribution in [1.82, 2.24) is 4.98 Å². The number of aromatic nitrogens is 1. The lowest BCUT2D eigenvalue weighted by Gasteiger charge is -2.12. The van der Waals surface area contributed by atoms with E-state index in [0.717, 1.165) is 39.5 Å². The largest absolute Gasteiger partial charge is 0.497 e. The van der Waals surface area contributed by atoms with Crippen molar-refractivity contribution in [2.24, 2.45) is 0 Å². The predicted octanol–water partition coefficient (Wildman–Crippen LogP) is 4.69. The number of methoxy groups -OCH3 is 1. The fourth-order valence-corrected chi connectivity index (χ4v) is 2.53. The van der Waals surface area contributed by atoms with Gasteiger partial charge in [0.15, 0.2) is 0 Å². The summed E-state index contributed by atoms with van der Waals surface area (Å²) in [6.07, 6.45) is 0. The van der Waals surface area contributed by atoms with Crippen LogP contribution in [0.1, 0.15) is 12.6 Å². The van der Waals surface area contributed by atoms with E-state index in [1.165, 1.54) is 0 Å². The van der Waals surface area contributed by atoms with Crippen molar-refractivity contribution in [3.05, 3.63) is 54.2 Å². The highest BCUT2D eigenvalue weighted by atomic mass is 16.5. The van der Waals surface area contributed by atoms with Gasteiger partial charge in [-0.2, -0.15) is 0 Å². The van der Waals surface area contributed by atoms with E-state index in [2.05, 4.69) is 10.3 Å². The van der Waals surface area contributed by atoms with Crippen molar-refractivity contribution >= 4 is 22.3 Å². The Kier molecular flexibility index (Phi) is 4.33. The summed E-state index contributed by atoms with van der Waals surface area (Å²) in [5.41, 5.74) is 3.93. The number of pyridine rings is 1. The summed E-state index contributed by atoms with van der Waals surface area (Å²) in [6, 6.07) is 15.9. The summed E-state index contributed by atoms with van der Waals surface area (Å²) in [5.74, 6) is 1.69. The Balaban J connectivity index is 2.01. The van der Waals surface area contributed by atoms with Crippen LogP contribution in [0.25, 0.3) is 10.9 Å². The summed E-state index contributed by atoms with van der Waals surface area (Å²) in [6.45, 7) is 4.62. The van der Waals surface area contributed by atoms with Crippen molar-refractivity contribution in [2.75, 3.05) is 19.0 Å². The molecule has 0 unspecified atom stereocenters. The van der Waals surface area contributed by atoms with Gasteiger partial charge in [-0.05, 0) is 62.4 Å². The number of nitrogens with one attached hydrogen (secondary N) is 1. The molecule has 0 saturated heterocycles. The molecule has 0 amide bonds. The fraction of sp³-hybridized carbons (Fsp3) is 0.211. The number of aryl methyl sites for hydroxylation is 1. The van der Waals surface area contributed by atoms with Crippen LogP contribution in [-0.2, 0) is 0 Å². The van der Waals surface area contributed by atoms with E-state index in [4.69, 9.17) is 9.47 Å². The van der Waals surface area contributed by atoms with Gasteiger partial charge < -0.3 is 14.8 Å². The molecule has 0 saturated carbocycles. The molecule has 1 N–H and O–H groups in total. The Bertz CT molecular complexity index is 813. The van der Waals surface area contributed by atoms with Gasteiger partial charge in [0.2, 0.25) is 0 Å². The van der Waals surface area contributed by atoms with Gasteiger partial charge in [-0.15, -0.1) is 0 Å². The quantitative estimate of drug-likeness (QED) is 0.742. The number of nitrogens with zero attached hydrogens (tertiary/aromatic N) is 1. The van der Waals surface area contributed by atoms with Crippen molar-refractivity contribution < 1.29 is 9.47 Å². The van der Waals surface area contributed by atoms with Crippen molar-refractivity contribution in [2.45, 2.75) is 13.8 Å². The van der Waals surface area contributed by atoms with Gasteiger partial charge in [-0.25, -0.2) is 0 Å². The Labute approximate surface area is 136 Å². The molecule has 1 heterocycles. The minimum atomic E-state index is 0.645. The summed E-state index contributed by atoms with van der Waals surface area (Å²) < 4.78 is 10.8. The highest BCUT2D eigenvalue weighted by Crippen LogP contribution is 2.30. The SMILES string of the molecule is CCOc1ccc2nc(C)cc(Nc3ccc(OC)cc3)c2c1. The molecule has 118 valence electrons. The van der Waals surface area contributed by atoms with Gasteiger partial charge in [0, 0.05) is 22.5 Å². The maximum Gasteiger partial charge on any atom is 0.120 e. The first-order valence-electron chi connectivity index (χ1n) is 7.65. The van der Waals surface area contributed by atoms with Crippen LogP contribution in [-0.4, -0.2) is 18.7 Å². The Hall–Kier alpha value is -2.75. The van der Waals surface area contributed by atoms with Gasteiger partial charge in [-0.3, -0.25) is 4.98 Å². The molecule has 4 nitrogen and oxygen atoms in total. The van der Waals surface area contributed by atoms with Gasteiger partial charge in [0.25, 0.3) is 0 Å². The Morgan fingerprint density at radius 3 is 2.43 bits per heavy atom. The maximum atomic E-state index is 5.61. The molecule has 4 heteroatoms. The third kappa shape index (κ3) is 3.37. The van der Waals surface area contributed by atoms with E-state index < -0.39 is 0 Å². The number of benzene rings is 2. The molecule has 0 aliphatic rings. The van der Waals surface area contributed by atoms with Crippen molar-refractivity contribution in [3.63, 3.8) is 0 Å². The minimum Gasteiger partial charge on any atom is -0.497 e. The summed E-state index contributed by atoms with van der Waals surface area (Å²) in [7, 11) is 1.66. The molecule has 2 aromatic carbocycles. The van der Waals surface area contributed by atoms with Crippen LogP contribution < -0.4 is 14.8 Å². The molecule has 3 aromatic rings. The van der Waals surface area contributed by atoms with Crippen LogP contribution in [0.5, 0.6) is 11.5 Å². The summed E-state index contributed by atoms with van der Waals surface area (Å²) in [4.78, 5) is 4.59. The first-order chi connectivity index (χ1) is 11.2. The van der Waals surface area contributed by atoms with Crippen LogP contribution in [0.3, 0.4) is 0 Å². The zero-order valence-electron chi connectivity index (χ0n) is 13.6. The van der Waals surface area contributed by atoms with Crippen LogP contribution in [0.4, 0.5) is 11.4 Å². The second-order valence-electron chi connectivity index (χ2n) is 5.28. The highest BCUT2D eigenvalue weighted by Gasteiger charge is 2.07. The normalized spacial score (nSPS) is 10.6. The maximum absolute atomic E-state index is 5.61. The summed E-state index contributed by atoms with van der Waals surface area (Å²) >= 11 is 0. The van der Waals surface area contributed by atoms with Crippen LogP contribution >= 0.6 is 0 Å². The number of anilines is 2. The van der Waals surface area contributed by atoms with E-state index in [0.29, 0.717) is 6.61 Å². The average molecular weight is 308 g/mol. The first kappa shape index (κ1) is 15.2. The molecule has 1 aromatic heterocycles. The number of ether oxygens (including phenoxy) is 2. The van der Waals surface area contributed by atoms with Gasteiger partial charge >= 0.3 is 0 Å². The lowest BCUT2D eigenvalue weighted by molar-refractivity contribution is 0.340.